The number of rotatable bonds is 14. The molecular weight excluding hydrogens is 1670 g/mol. The number of benzene rings is 4. The zero-order valence-corrected chi connectivity index (χ0v) is 76.8. The molecule has 20 aromatic rings. The van der Waals surface area contributed by atoms with E-state index in [0.29, 0.717) is 31.1 Å². The van der Waals surface area contributed by atoms with Gasteiger partial charge in [0, 0.05) is 83.4 Å². The molecule has 16 heterocycles. The molecular formula is C83H77Al4Ga2N25O3S+12. The number of aryl methyl sites for hydroxylation is 8. The molecule has 0 spiro atoms. The number of hydrogen-bond donors (Lipinski definition) is 1. The zero-order valence-electron chi connectivity index (χ0n) is 66.5. The second-order valence-electron chi connectivity index (χ2n) is 26.6. The van der Waals surface area contributed by atoms with Gasteiger partial charge in [0.25, 0.3) is 0 Å². The number of aromatic nitrogens is 24. The normalized spacial score (nSPS) is 10.8. The summed E-state index contributed by atoms with van der Waals surface area (Å²) < 4.78 is 44.9. The van der Waals surface area contributed by atoms with E-state index in [1.165, 1.54) is 5.56 Å². The Balaban J connectivity index is 0.000000160. The zero-order chi connectivity index (χ0) is 77.6. The standard InChI is InChI=1S/C17H13N4.C16H11N4.C15H17N4O2S.C13H12N3O.2C11H12N5.4Al.2Ga/c1-12-16(13-7-3-2-4-8-13)21-11-15(20-17(21)19-12)14-9-5-6-10-18-14;1-2-6-12(7-3-1)15-19-14(13-8-4-5-9-17-13)16-18-10-11-20(15)16;1-11-4-3-5-12(8-11)14-10-19-9-13(17-15(19)18-14)6-7-16-22(2,20)21;1-17-9-11-7-16-8-12(15-13(16)14-11)10-5-3-2-4-6-10;1-7-4-9(3)16(14-7)10-6-15-5-8(2)12-11(15)13-10;1-7-6-8(2)16(14-7)11-10-12-4-5-15(10)9(3)13-11;;;;;;/h2-11H,1H3;1-11H;3-5,8-10,16H,6-7H2,1-2H3;2-8H,9H2,1H3;2*4-6H,1-3H3;;;;;;/q6*-1;6*+3. The van der Waals surface area contributed by atoms with E-state index in [0.717, 1.165) is 160 Å². The Morgan fingerprint density at radius 1 is 0.458 bits per heavy atom. The van der Waals surface area contributed by atoms with Crippen molar-refractivity contribution in [3.63, 3.8) is 0 Å². The quantitative estimate of drug-likeness (QED) is 0.0989. The molecule has 0 aliphatic rings. The first-order valence-electron chi connectivity index (χ1n) is 35.9. The molecule has 0 saturated heterocycles. The molecule has 0 radical (unpaired) electrons. The largest absolute Gasteiger partial charge is 3.00 e. The van der Waals surface area contributed by atoms with Gasteiger partial charge in [-0.2, -0.15) is 5.10 Å². The molecule has 0 amide bonds. The number of imidazole rings is 12. The molecule has 0 bridgehead atoms. The van der Waals surface area contributed by atoms with Crippen LogP contribution in [0.2, 0.25) is 0 Å². The fourth-order valence-electron chi connectivity index (χ4n) is 12.9. The monoisotopic (exact) mass is 1750 g/mol. The summed E-state index contributed by atoms with van der Waals surface area (Å²) in [7, 11) is -1.50. The predicted molar refractivity (Wildman–Crippen MR) is 463 cm³/mol. The van der Waals surface area contributed by atoms with Gasteiger partial charge in [0.15, 0.2) is 5.82 Å². The smallest absolute Gasteiger partial charge is 0.441 e. The average Bonchev–Trinajstić information content (AvgIpc) is 1.71. The first kappa shape index (κ1) is 91.3. The Morgan fingerprint density at radius 3 is 1.58 bits per heavy atom. The van der Waals surface area contributed by atoms with Crippen LogP contribution in [0.1, 0.15) is 56.9 Å². The Morgan fingerprint density at radius 2 is 1.00 bits per heavy atom. The minimum absolute atomic E-state index is 0. The third kappa shape index (κ3) is 21.1. The molecule has 0 fully saturated rings. The van der Waals surface area contributed by atoms with Crippen molar-refractivity contribution in [3.8, 4) is 79.6 Å². The summed E-state index contributed by atoms with van der Waals surface area (Å²) in [4.78, 5) is 62.3. The number of fused-ring (bicyclic) bond motifs is 6. The molecule has 564 valence electrons. The number of nitrogens with one attached hydrogen (secondary N) is 1. The number of pyridine rings is 2. The van der Waals surface area contributed by atoms with Crippen LogP contribution in [0.5, 0.6) is 0 Å². The molecule has 16 aromatic heterocycles. The number of methoxy groups -OCH3 is 1. The summed E-state index contributed by atoms with van der Waals surface area (Å²) in [6, 6.07) is 54.3. The fraction of sp³-hybridized carbons (Fsp3) is 0.157. The van der Waals surface area contributed by atoms with Gasteiger partial charge in [0.1, 0.15) is 0 Å². The molecule has 0 unspecified atom stereocenters. The molecule has 35 heteroatoms. The van der Waals surface area contributed by atoms with Crippen LogP contribution in [-0.2, 0) is 27.8 Å². The topological polar surface area (TPSA) is 305 Å². The first-order chi connectivity index (χ1) is 54.3. The molecule has 1 N–H and O–H groups in total. The maximum Gasteiger partial charge on any atom is 3.00 e. The van der Waals surface area contributed by atoms with E-state index < -0.39 is 10.0 Å². The Labute approximate surface area is 749 Å². The minimum Gasteiger partial charge on any atom is -0.441 e. The summed E-state index contributed by atoms with van der Waals surface area (Å²) in [6.45, 7) is 16.8. The summed E-state index contributed by atoms with van der Waals surface area (Å²) in [5.74, 6) is 6.21. The Hall–Kier alpha value is -10.6. The number of ether oxygens (including phenoxy) is 1. The average molecular weight is 1750 g/mol. The fourth-order valence-corrected chi connectivity index (χ4v) is 13.4. The second-order valence-corrected chi connectivity index (χ2v) is 28.4. The summed E-state index contributed by atoms with van der Waals surface area (Å²) >= 11 is 0. The molecule has 20 rings (SSSR count). The third-order valence-electron chi connectivity index (χ3n) is 17.9. The van der Waals surface area contributed by atoms with Crippen LogP contribution in [0.3, 0.4) is 0 Å². The minimum atomic E-state index is -3.16. The van der Waals surface area contributed by atoms with E-state index in [9.17, 15) is 8.42 Å². The van der Waals surface area contributed by atoms with E-state index in [2.05, 4.69) is 97.9 Å². The molecule has 0 saturated carbocycles. The third-order valence-corrected chi connectivity index (χ3v) is 18.6. The Kier molecular flexibility index (Phi) is 31.5. The van der Waals surface area contributed by atoms with Crippen LogP contribution in [0, 0.1) is 55.4 Å². The van der Waals surface area contributed by atoms with Crippen molar-refractivity contribution < 1.29 is 13.2 Å². The van der Waals surface area contributed by atoms with Crippen molar-refractivity contribution in [2.75, 3.05) is 19.9 Å². The van der Waals surface area contributed by atoms with Gasteiger partial charge < -0.3 is 81.0 Å². The van der Waals surface area contributed by atoms with Crippen molar-refractivity contribution in [3.05, 3.63) is 301 Å². The Bertz CT molecular complexity index is 6520. The van der Waals surface area contributed by atoms with Gasteiger partial charge >= 0.3 is 109 Å². The maximum atomic E-state index is 11.0. The van der Waals surface area contributed by atoms with Crippen molar-refractivity contribution >= 4 is 153 Å². The van der Waals surface area contributed by atoms with Crippen molar-refractivity contribution in [1.29, 1.82) is 0 Å². The number of nitrogens with zero attached hydrogens (tertiary/aromatic N) is 24. The van der Waals surface area contributed by atoms with E-state index in [1.807, 2.05) is 293 Å². The summed E-state index contributed by atoms with van der Waals surface area (Å²) in [5, 5.41) is 8.82. The van der Waals surface area contributed by atoms with Gasteiger partial charge in [-0.05, 0) is 204 Å². The first-order valence-corrected chi connectivity index (χ1v) is 37.8. The second kappa shape index (κ2) is 40.7. The van der Waals surface area contributed by atoms with Gasteiger partial charge in [0.2, 0.25) is 10.0 Å². The van der Waals surface area contributed by atoms with Crippen LogP contribution >= 0.6 is 0 Å². The predicted octanol–water partition coefficient (Wildman–Crippen LogP) is 10.3. The van der Waals surface area contributed by atoms with Gasteiger partial charge in [-0.15, -0.1) is 0 Å². The SMILES string of the molecule is COCc1cn2cc(-c3ccccc3)[n-]c2n1.Cc1cc(C)n(-c2nc(C)n3cc[n-]c23)n1.Cc1cccc(-c2cn3cc(CCNS(C)(=O)=O)nc3[n-]2)c1.Cc1cn2cc(-n3nc(C)cc3C)[n-]c2n1.Cc1nc2[n-]c(-c3ccccn3)cn2c1-c1ccccc1.[Al+3].[Al+3].[Al+3].[Al+3].[Ga+3].[Ga+3].c1ccc(-c2nc(-c3ccccn3)c3[n-]ccn23)cc1. The van der Waals surface area contributed by atoms with Gasteiger partial charge in [0.05, 0.1) is 53.1 Å². The molecule has 0 atom stereocenters. The van der Waals surface area contributed by atoms with Crippen LogP contribution < -0.4 is 34.6 Å². The maximum absolute atomic E-state index is 11.0. The number of sulfonamides is 1. The van der Waals surface area contributed by atoms with Gasteiger partial charge in [-0.1, -0.05) is 158 Å². The molecule has 0 aliphatic carbocycles. The number of hydrogen-bond acceptors (Lipinski definition) is 13. The molecule has 118 heavy (non-hydrogen) atoms. The van der Waals surface area contributed by atoms with Crippen molar-refractivity contribution in [2.45, 2.75) is 68.4 Å². The van der Waals surface area contributed by atoms with Crippen molar-refractivity contribution in [2.24, 2.45) is 0 Å². The van der Waals surface area contributed by atoms with E-state index >= 15 is 0 Å². The van der Waals surface area contributed by atoms with Crippen LogP contribution in [0.25, 0.3) is 114 Å². The van der Waals surface area contributed by atoms with E-state index in [4.69, 9.17) is 9.72 Å². The van der Waals surface area contributed by atoms with E-state index in [1.54, 1.807) is 31.9 Å². The molecule has 28 nitrogen and oxygen atoms in total. The van der Waals surface area contributed by atoms with Crippen molar-refractivity contribution in [1.82, 2.24) is 120 Å². The van der Waals surface area contributed by atoms with E-state index in [-0.39, 0.29) is 109 Å². The molecule has 4 aromatic carbocycles. The summed E-state index contributed by atoms with van der Waals surface area (Å²) in [5.41, 5.74) is 21.3. The van der Waals surface area contributed by atoms with Gasteiger partial charge in [-0.3, -0.25) is 19.6 Å². The van der Waals surface area contributed by atoms with Crippen LogP contribution in [-0.4, -0.2) is 223 Å². The van der Waals surface area contributed by atoms with Gasteiger partial charge in [-0.25, -0.2) is 27.9 Å². The van der Waals surface area contributed by atoms with Crippen LogP contribution in [0.15, 0.2) is 244 Å². The van der Waals surface area contributed by atoms with Crippen LogP contribution in [0.4, 0.5) is 0 Å². The summed E-state index contributed by atoms with van der Waals surface area (Å²) in [6.07, 6.45) is 26.3. The molecule has 0 aliphatic heterocycles.